The van der Waals surface area contributed by atoms with Crippen molar-refractivity contribution in [3.63, 3.8) is 0 Å². The first-order valence-corrected chi connectivity index (χ1v) is 9.76. The van der Waals surface area contributed by atoms with Crippen LogP contribution in [-0.4, -0.2) is 40.5 Å². The van der Waals surface area contributed by atoms with E-state index in [2.05, 4.69) is 15.5 Å². The number of carbonyl (C=O) groups excluding carboxylic acids is 1. The minimum absolute atomic E-state index is 0.0383. The summed E-state index contributed by atoms with van der Waals surface area (Å²) in [4.78, 5) is 14.2. The number of benzene rings is 2. The molecule has 0 radical (unpaired) electrons. The molecule has 1 aromatic heterocycles. The molecule has 9 heteroatoms. The van der Waals surface area contributed by atoms with E-state index in [1.54, 1.807) is 0 Å². The maximum atomic E-state index is 13.2. The fourth-order valence-corrected chi connectivity index (χ4v) is 3.39. The average molecular weight is 420 g/mol. The Labute approximate surface area is 171 Å². The van der Waals surface area contributed by atoms with Crippen LogP contribution in [0.2, 0.25) is 5.02 Å². The highest BCUT2D eigenvalue weighted by molar-refractivity contribution is 7.99. The van der Waals surface area contributed by atoms with Crippen molar-refractivity contribution >= 4 is 40.6 Å². The van der Waals surface area contributed by atoms with Crippen molar-refractivity contribution in [3.8, 4) is 11.4 Å². The molecule has 0 atom stereocenters. The van der Waals surface area contributed by atoms with Gasteiger partial charge in [0.15, 0.2) is 11.0 Å². The SMILES string of the molecule is CN(C)c1ccc(-c2nnc(SCC(=O)Nc3ccc(F)c(Cl)c3)n2C)cc1. The molecule has 1 heterocycles. The number of thioether (sulfide) groups is 1. The minimum Gasteiger partial charge on any atom is -0.378 e. The predicted molar refractivity (Wildman–Crippen MR) is 112 cm³/mol. The molecule has 0 spiro atoms. The zero-order chi connectivity index (χ0) is 20.3. The molecule has 3 rings (SSSR count). The summed E-state index contributed by atoms with van der Waals surface area (Å²) in [5, 5.41) is 11.7. The van der Waals surface area contributed by atoms with E-state index in [0.717, 1.165) is 17.1 Å². The molecule has 0 saturated carbocycles. The van der Waals surface area contributed by atoms with Crippen LogP contribution in [0.15, 0.2) is 47.6 Å². The van der Waals surface area contributed by atoms with E-state index in [4.69, 9.17) is 11.6 Å². The maximum Gasteiger partial charge on any atom is 0.234 e. The van der Waals surface area contributed by atoms with Crippen LogP contribution in [0.3, 0.4) is 0 Å². The van der Waals surface area contributed by atoms with Gasteiger partial charge in [-0.25, -0.2) is 4.39 Å². The van der Waals surface area contributed by atoms with Gasteiger partial charge in [-0.1, -0.05) is 23.4 Å². The summed E-state index contributed by atoms with van der Waals surface area (Å²) in [7, 11) is 5.82. The number of nitrogens with zero attached hydrogens (tertiary/aromatic N) is 4. The monoisotopic (exact) mass is 419 g/mol. The third-order valence-electron chi connectivity index (χ3n) is 4.01. The molecule has 2 aromatic carbocycles. The van der Waals surface area contributed by atoms with Crippen molar-refractivity contribution in [2.24, 2.45) is 7.05 Å². The van der Waals surface area contributed by atoms with Gasteiger partial charge in [0.2, 0.25) is 5.91 Å². The first-order valence-electron chi connectivity index (χ1n) is 8.40. The first kappa shape index (κ1) is 20.2. The minimum atomic E-state index is -0.528. The van der Waals surface area contributed by atoms with Crippen molar-refractivity contribution in [2.75, 3.05) is 30.1 Å². The molecule has 28 heavy (non-hydrogen) atoms. The fourth-order valence-electron chi connectivity index (χ4n) is 2.50. The van der Waals surface area contributed by atoms with Gasteiger partial charge in [-0.2, -0.15) is 0 Å². The van der Waals surface area contributed by atoms with Crippen molar-refractivity contribution in [3.05, 3.63) is 53.3 Å². The Kier molecular flexibility index (Phi) is 6.21. The molecule has 1 amide bonds. The maximum absolute atomic E-state index is 13.2. The Morgan fingerprint density at radius 3 is 2.57 bits per heavy atom. The molecular formula is C19H19ClFN5OS. The van der Waals surface area contributed by atoms with Crippen LogP contribution in [0.25, 0.3) is 11.4 Å². The van der Waals surface area contributed by atoms with Crippen LogP contribution in [-0.2, 0) is 11.8 Å². The third-order valence-corrected chi connectivity index (χ3v) is 5.32. The van der Waals surface area contributed by atoms with Gasteiger partial charge in [-0.15, -0.1) is 10.2 Å². The van der Waals surface area contributed by atoms with Gasteiger partial charge >= 0.3 is 0 Å². The molecule has 3 aromatic rings. The second-order valence-electron chi connectivity index (χ2n) is 6.27. The standard InChI is InChI=1S/C19H19ClFN5OS/c1-25(2)14-7-4-12(5-8-14)18-23-24-19(26(18)3)28-11-17(27)22-13-6-9-16(21)15(20)10-13/h4-10H,11H2,1-3H3,(H,22,27). The summed E-state index contributed by atoms with van der Waals surface area (Å²) in [5.41, 5.74) is 2.48. The summed E-state index contributed by atoms with van der Waals surface area (Å²) in [6.07, 6.45) is 0. The van der Waals surface area contributed by atoms with E-state index in [1.807, 2.05) is 54.9 Å². The molecule has 0 aliphatic rings. The van der Waals surface area contributed by atoms with E-state index in [0.29, 0.717) is 10.8 Å². The van der Waals surface area contributed by atoms with Crippen molar-refractivity contribution < 1.29 is 9.18 Å². The van der Waals surface area contributed by atoms with E-state index in [1.165, 1.54) is 30.0 Å². The fraction of sp³-hybridized carbons (Fsp3) is 0.211. The molecule has 0 aliphatic carbocycles. The molecule has 0 saturated heterocycles. The zero-order valence-electron chi connectivity index (χ0n) is 15.6. The summed E-state index contributed by atoms with van der Waals surface area (Å²) < 4.78 is 15.0. The summed E-state index contributed by atoms with van der Waals surface area (Å²) >= 11 is 6.99. The quantitative estimate of drug-likeness (QED) is 0.610. The Balaban J connectivity index is 1.63. The number of halogens is 2. The highest BCUT2D eigenvalue weighted by atomic mass is 35.5. The Bertz CT molecular complexity index is 990. The highest BCUT2D eigenvalue weighted by Crippen LogP contribution is 2.25. The lowest BCUT2D eigenvalue weighted by molar-refractivity contribution is -0.113. The van der Waals surface area contributed by atoms with Gasteiger partial charge in [-0.05, 0) is 42.5 Å². The van der Waals surface area contributed by atoms with Gasteiger partial charge in [0.05, 0.1) is 10.8 Å². The second kappa shape index (κ2) is 8.62. The Morgan fingerprint density at radius 1 is 1.21 bits per heavy atom. The van der Waals surface area contributed by atoms with E-state index < -0.39 is 5.82 Å². The van der Waals surface area contributed by atoms with Crippen LogP contribution < -0.4 is 10.2 Å². The van der Waals surface area contributed by atoms with E-state index in [-0.39, 0.29) is 16.7 Å². The number of anilines is 2. The summed E-state index contributed by atoms with van der Waals surface area (Å²) in [6.45, 7) is 0. The molecule has 1 N–H and O–H groups in total. The summed E-state index contributed by atoms with van der Waals surface area (Å²) in [5.74, 6) is 0.0888. The molecule has 0 unspecified atom stereocenters. The number of hydrogen-bond acceptors (Lipinski definition) is 5. The van der Waals surface area contributed by atoms with E-state index in [9.17, 15) is 9.18 Å². The number of amides is 1. The molecule has 0 fully saturated rings. The molecule has 0 bridgehead atoms. The molecular weight excluding hydrogens is 401 g/mol. The molecule has 0 aliphatic heterocycles. The van der Waals surface area contributed by atoms with Gasteiger partial charge in [0, 0.05) is 38.1 Å². The number of carbonyl (C=O) groups is 1. The van der Waals surface area contributed by atoms with Crippen LogP contribution >= 0.6 is 23.4 Å². The lowest BCUT2D eigenvalue weighted by Gasteiger charge is -2.12. The number of nitrogens with one attached hydrogen (secondary N) is 1. The van der Waals surface area contributed by atoms with Crippen LogP contribution in [0.1, 0.15) is 0 Å². The third kappa shape index (κ3) is 4.63. The molecule has 146 valence electrons. The van der Waals surface area contributed by atoms with Crippen LogP contribution in [0, 0.1) is 5.82 Å². The second-order valence-corrected chi connectivity index (χ2v) is 7.62. The average Bonchev–Trinajstić information content (AvgIpc) is 3.03. The largest absolute Gasteiger partial charge is 0.378 e. The van der Waals surface area contributed by atoms with Gasteiger partial charge < -0.3 is 14.8 Å². The van der Waals surface area contributed by atoms with Crippen molar-refractivity contribution in [1.82, 2.24) is 14.8 Å². The Morgan fingerprint density at radius 2 is 1.93 bits per heavy atom. The predicted octanol–water partition coefficient (Wildman–Crippen LogP) is 4.07. The van der Waals surface area contributed by atoms with Crippen molar-refractivity contribution in [2.45, 2.75) is 5.16 Å². The normalized spacial score (nSPS) is 10.8. The van der Waals surface area contributed by atoms with Gasteiger partial charge in [-0.3, -0.25) is 4.79 Å². The molecule has 6 nitrogen and oxygen atoms in total. The van der Waals surface area contributed by atoms with Gasteiger partial charge in [0.25, 0.3) is 0 Å². The summed E-state index contributed by atoms with van der Waals surface area (Å²) in [6, 6.07) is 12.0. The zero-order valence-corrected chi connectivity index (χ0v) is 17.2. The first-order chi connectivity index (χ1) is 13.3. The highest BCUT2D eigenvalue weighted by Gasteiger charge is 2.13. The number of aromatic nitrogens is 3. The van der Waals surface area contributed by atoms with Crippen LogP contribution in [0.5, 0.6) is 0 Å². The van der Waals surface area contributed by atoms with Gasteiger partial charge in [0.1, 0.15) is 5.82 Å². The lowest BCUT2D eigenvalue weighted by atomic mass is 10.2. The topological polar surface area (TPSA) is 63.1 Å². The Hall–Kier alpha value is -2.58. The van der Waals surface area contributed by atoms with Crippen molar-refractivity contribution in [1.29, 1.82) is 0 Å². The number of hydrogen-bond donors (Lipinski definition) is 1. The number of rotatable bonds is 6. The van der Waals surface area contributed by atoms with Crippen LogP contribution in [0.4, 0.5) is 15.8 Å². The lowest BCUT2D eigenvalue weighted by Crippen LogP contribution is -2.14. The smallest absolute Gasteiger partial charge is 0.234 e. The van der Waals surface area contributed by atoms with E-state index >= 15 is 0 Å².